The summed E-state index contributed by atoms with van der Waals surface area (Å²) in [6.07, 6.45) is 3.58. The number of hydrogen-bond acceptors (Lipinski definition) is 6. The number of hydrogen-bond donors (Lipinski definition) is 1. The van der Waals surface area contributed by atoms with Crippen LogP contribution < -0.4 is 19.1 Å². The van der Waals surface area contributed by atoms with E-state index in [1.807, 2.05) is 24.3 Å². The first-order chi connectivity index (χ1) is 14.1. The molecule has 0 unspecified atom stereocenters. The van der Waals surface area contributed by atoms with Gasteiger partial charge in [-0.05, 0) is 47.5 Å². The van der Waals surface area contributed by atoms with E-state index in [9.17, 15) is 5.11 Å². The minimum atomic E-state index is -0.595. The van der Waals surface area contributed by atoms with Crippen molar-refractivity contribution in [2.45, 2.75) is 12.1 Å². The van der Waals surface area contributed by atoms with Gasteiger partial charge in [-0.2, -0.15) is 0 Å². The number of piperazine rings is 1. The van der Waals surface area contributed by atoms with E-state index in [-0.39, 0.29) is 6.04 Å². The summed E-state index contributed by atoms with van der Waals surface area (Å²) >= 11 is 0. The van der Waals surface area contributed by atoms with Gasteiger partial charge in [0.25, 0.3) is 0 Å². The number of rotatable bonds is 5. The Morgan fingerprint density at radius 1 is 0.862 bits per heavy atom. The third-order valence-corrected chi connectivity index (χ3v) is 5.88. The molecule has 0 amide bonds. The van der Waals surface area contributed by atoms with Gasteiger partial charge in [-0.15, -0.1) is 0 Å². The van der Waals surface area contributed by atoms with Gasteiger partial charge in [0.15, 0.2) is 11.5 Å². The van der Waals surface area contributed by atoms with Crippen molar-refractivity contribution in [3.63, 3.8) is 0 Å². The Bertz CT molecular complexity index is 873. The molecule has 1 aliphatic carbocycles. The molecule has 2 aliphatic rings. The monoisotopic (exact) mass is 396 g/mol. The molecule has 4 rings (SSSR count). The maximum atomic E-state index is 11.1. The van der Waals surface area contributed by atoms with Crippen molar-refractivity contribution < 1.29 is 19.3 Å². The molecule has 6 heteroatoms. The van der Waals surface area contributed by atoms with Gasteiger partial charge in [0, 0.05) is 31.9 Å². The third-order valence-electron chi connectivity index (χ3n) is 5.88. The van der Waals surface area contributed by atoms with Crippen molar-refractivity contribution >= 4 is 11.8 Å². The second-order valence-corrected chi connectivity index (χ2v) is 7.35. The van der Waals surface area contributed by atoms with Crippen molar-refractivity contribution in [2.24, 2.45) is 0 Å². The molecule has 0 aromatic heterocycles. The Labute approximate surface area is 171 Å². The van der Waals surface area contributed by atoms with Gasteiger partial charge in [-0.25, -0.2) is 0 Å². The van der Waals surface area contributed by atoms with Crippen LogP contribution in [0.25, 0.3) is 6.08 Å². The number of benzene rings is 2. The molecule has 6 nitrogen and oxygen atoms in total. The predicted octanol–water partition coefficient (Wildman–Crippen LogP) is 2.96. The quantitative estimate of drug-likeness (QED) is 0.839. The molecular formula is C23H28N2O4. The molecule has 0 spiro atoms. The van der Waals surface area contributed by atoms with Crippen LogP contribution >= 0.6 is 0 Å². The molecule has 0 saturated carbocycles. The van der Waals surface area contributed by atoms with Gasteiger partial charge in [0.2, 0.25) is 0 Å². The van der Waals surface area contributed by atoms with Gasteiger partial charge in [-0.3, -0.25) is 4.90 Å². The fourth-order valence-electron chi connectivity index (χ4n) is 4.20. The number of fused-ring (bicyclic) bond motifs is 1. The summed E-state index contributed by atoms with van der Waals surface area (Å²) in [5.74, 6) is 2.19. The fourth-order valence-corrected chi connectivity index (χ4v) is 4.20. The molecule has 1 N–H and O–H groups in total. The lowest BCUT2D eigenvalue weighted by molar-refractivity contribution is 0.0682. The number of methoxy groups -OCH3 is 3. The van der Waals surface area contributed by atoms with Crippen LogP contribution in [-0.4, -0.2) is 63.6 Å². The fraction of sp³-hybridized carbons (Fsp3) is 0.391. The average Bonchev–Trinajstić information content (AvgIpc) is 2.79. The van der Waals surface area contributed by atoms with Gasteiger partial charge in [-0.1, -0.05) is 12.2 Å². The number of aliphatic hydroxyl groups excluding tert-OH is 1. The standard InChI is InChI=1S/C23H28N2O4/c1-27-18-7-5-17(6-8-18)24-10-12-25(13-11-24)20-9-4-16-14-21(28-2)22(29-3)15-19(16)23(20)26/h4-9,14-15,20,23,26H,10-13H2,1-3H3/t20-,23-/m0/s1. The van der Waals surface area contributed by atoms with E-state index in [4.69, 9.17) is 14.2 Å². The van der Waals surface area contributed by atoms with E-state index in [1.165, 1.54) is 5.69 Å². The predicted molar refractivity (Wildman–Crippen MR) is 114 cm³/mol. The van der Waals surface area contributed by atoms with Crippen LogP contribution in [0.4, 0.5) is 5.69 Å². The first-order valence-electron chi connectivity index (χ1n) is 9.90. The van der Waals surface area contributed by atoms with Crippen LogP contribution in [0.1, 0.15) is 17.2 Å². The lowest BCUT2D eigenvalue weighted by Gasteiger charge is -2.42. The Balaban J connectivity index is 1.46. The first-order valence-corrected chi connectivity index (χ1v) is 9.90. The van der Waals surface area contributed by atoms with Crippen molar-refractivity contribution in [3.05, 3.63) is 53.6 Å². The molecule has 1 saturated heterocycles. The summed E-state index contributed by atoms with van der Waals surface area (Å²) in [6.45, 7) is 3.62. The number of ether oxygens (including phenoxy) is 3. The molecule has 2 aromatic rings. The highest BCUT2D eigenvalue weighted by Gasteiger charge is 2.32. The van der Waals surface area contributed by atoms with Gasteiger partial charge in [0.05, 0.1) is 33.5 Å². The maximum absolute atomic E-state index is 11.1. The maximum Gasteiger partial charge on any atom is 0.161 e. The molecule has 0 bridgehead atoms. The number of nitrogens with zero attached hydrogens (tertiary/aromatic N) is 2. The third kappa shape index (κ3) is 3.78. The van der Waals surface area contributed by atoms with E-state index >= 15 is 0 Å². The molecule has 1 fully saturated rings. The second kappa shape index (κ2) is 8.35. The molecule has 1 aliphatic heterocycles. The molecule has 154 valence electrons. The zero-order chi connectivity index (χ0) is 20.4. The number of anilines is 1. The van der Waals surface area contributed by atoms with Crippen LogP contribution in [0, 0.1) is 0 Å². The van der Waals surface area contributed by atoms with E-state index < -0.39 is 6.10 Å². The van der Waals surface area contributed by atoms with E-state index in [0.717, 1.165) is 43.1 Å². The average molecular weight is 396 g/mol. The van der Waals surface area contributed by atoms with Gasteiger partial charge < -0.3 is 24.2 Å². The summed E-state index contributed by atoms with van der Waals surface area (Å²) in [5, 5.41) is 11.1. The molecular weight excluding hydrogens is 368 g/mol. The van der Waals surface area contributed by atoms with Crippen LogP contribution in [0.2, 0.25) is 0 Å². The Hall–Kier alpha value is -2.70. The molecule has 2 atom stereocenters. The second-order valence-electron chi connectivity index (χ2n) is 7.35. The van der Waals surface area contributed by atoms with Crippen LogP contribution in [0.3, 0.4) is 0 Å². The van der Waals surface area contributed by atoms with Gasteiger partial charge in [0.1, 0.15) is 5.75 Å². The minimum absolute atomic E-state index is 0.0429. The highest BCUT2D eigenvalue weighted by atomic mass is 16.5. The minimum Gasteiger partial charge on any atom is -0.497 e. The normalized spacial score (nSPS) is 21.6. The van der Waals surface area contributed by atoms with E-state index in [0.29, 0.717) is 11.5 Å². The first kappa shape index (κ1) is 19.6. The zero-order valence-electron chi connectivity index (χ0n) is 17.2. The Morgan fingerprint density at radius 3 is 2.14 bits per heavy atom. The highest BCUT2D eigenvalue weighted by molar-refractivity contribution is 5.64. The lowest BCUT2D eigenvalue weighted by atomic mass is 9.89. The van der Waals surface area contributed by atoms with E-state index in [1.54, 1.807) is 21.3 Å². The van der Waals surface area contributed by atoms with Crippen molar-refractivity contribution in [2.75, 3.05) is 52.4 Å². The summed E-state index contributed by atoms with van der Waals surface area (Å²) in [4.78, 5) is 4.72. The summed E-state index contributed by atoms with van der Waals surface area (Å²) in [5.41, 5.74) is 3.06. The molecule has 0 radical (unpaired) electrons. The lowest BCUT2D eigenvalue weighted by Crippen LogP contribution is -2.51. The van der Waals surface area contributed by atoms with E-state index in [2.05, 4.69) is 34.1 Å². The van der Waals surface area contributed by atoms with Crippen molar-refractivity contribution in [3.8, 4) is 17.2 Å². The topological polar surface area (TPSA) is 54.4 Å². The van der Waals surface area contributed by atoms with Crippen LogP contribution in [-0.2, 0) is 0 Å². The van der Waals surface area contributed by atoms with Crippen LogP contribution in [0.5, 0.6) is 17.2 Å². The Morgan fingerprint density at radius 2 is 1.52 bits per heavy atom. The zero-order valence-corrected chi connectivity index (χ0v) is 17.2. The summed E-state index contributed by atoms with van der Waals surface area (Å²) < 4.78 is 16.1. The molecule has 29 heavy (non-hydrogen) atoms. The smallest absolute Gasteiger partial charge is 0.161 e. The van der Waals surface area contributed by atoms with Crippen LogP contribution in [0.15, 0.2) is 42.5 Å². The molecule has 2 aromatic carbocycles. The SMILES string of the molecule is COc1ccc(N2CCN([C@H]3C=Cc4cc(OC)c(OC)cc4[C@@H]3O)CC2)cc1. The van der Waals surface area contributed by atoms with Gasteiger partial charge >= 0.3 is 0 Å². The van der Waals surface area contributed by atoms with Crippen molar-refractivity contribution in [1.82, 2.24) is 4.90 Å². The molecule has 1 heterocycles. The number of aliphatic hydroxyl groups is 1. The largest absolute Gasteiger partial charge is 0.497 e. The highest BCUT2D eigenvalue weighted by Crippen LogP contribution is 2.38. The Kier molecular flexibility index (Phi) is 5.65. The van der Waals surface area contributed by atoms with Crippen molar-refractivity contribution in [1.29, 1.82) is 0 Å². The summed E-state index contributed by atoms with van der Waals surface area (Å²) in [6, 6.07) is 12.0. The summed E-state index contributed by atoms with van der Waals surface area (Å²) in [7, 11) is 4.92.